The van der Waals surface area contributed by atoms with Crippen molar-refractivity contribution in [1.82, 2.24) is 4.90 Å². The smallest absolute Gasteiger partial charge is 0.274 e. The highest BCUT2D eigenvalue weighted by Crippen LogP contribution is 2.28. The normalized spacial score (nSPS) is 12.6. The number of benzene rings is 1. The minimum absolute atomic E-state index is 0.0850. The topological polar surface area (TPSA) is 72.4 Å². The van der Waals surface area contributed by atoms with Crippen LogP contribution in [-0.4, -0.2) is 29.5 Å². The molecule has 0 amide bonds. The number of likely N-dealkylation sites (N-methyl/N-ethyl adjacent to an activating group) is 1. The Balaban J connectivity index is 3.04. The van der Waals surface area contributed by atoms with Crippen molar-refractivity contribution in [2.45, 2.75) is 32.7 Å². The largest absolute Gasteiger partial charge is 0.329 e. The van der Waals surface area contributed by atoms with Crippen LogP contribution in [0.25, 0.3) is 0 Å². The lowest BCUT2D eigenvalue weighted by Crippen LogP contribution is -2.34. The highest BCUT2D eigenvalue weighted by atomic mass is 16.6. The Hall–Kier alpha value is -1.46. The van der Waals surface area contributed by atoms with Gasteiger partial charge in [0.2, 0.25) is 0 Å². The summed E-state index contributed by atoms with van der Waals surface area (Å²) in [4.78, 5) is 13.0. The highest BCUT2D eigenvalue weighted by molar-refractivity contribution is 5.42. The minimum Gasteiger partial charge on any atom is -0.329 e. The predicted octanol–water partition coefficient (Wildman–Crippen LogP) is 2.72. The maximum Gasteiger partial charge on any atom is 0.274 e. The Morgan fingerprint density at radius 3 is 2.58 bits per heavy atom. The Bertz CT molecular complexity index is 409. The van der Waals surface area contributed by atoms with Crippen LogP contribution in [0.4, 0.5) is 5.69 Å². The molecule has 0 spiro atoms. The SMILES string of the molecule is CCCCN(CC)C(CN)c1ccccc1[N+](=O)[O-]. The molecule has 1 atom stereocenters. The van der Waals surface area contributed by atoms with Gasteiger partial charge in [0.25, 0.3) is 5.69 Å². The predicted molar refractivity (Wildman–Crippen MR) is 77.0 cm³/mol. The van der Waals surface area contributed by atoms with Gasteiger partial charge in [-0.15, -0.1) is 0 Å². The van der Waals surface area contributed by atoms with E-state index in [1.807, 2.05) is 12.1 Å². The van der Waals surface area contributed by atoms with Crippen molar-refractivity contribution in [1.29, 1.82) is 0 Å². The summed E-state index contributed by atoms with van der Waals surface area (Å²) in [6.45, 7) is 6.35. The Kier molecular flexibility index (Phi) is 6.45. The first kappa shape index (κ1) is 15.6. The molecule has 1 unspecified atom stereocenters. The van der Waals surface area contributed by atoms with Gasteiger partial charge in [-0.25, -0.2) is 0 Å². The van der Waals surface area contributed by atoms with E-state index in [1.54, 1.807) is 12.1 Å². The van der Waals surface area contributed by atoms with E-state index >= 15 is 0 Å². The van der Waals surface area contributed by atoms with Crippen molar-refractivity contribution in [2.75, 3.05) is 19.6 Å². The second kappa shape index (κ2) is 7.86. The zero-order chi connectivity index (χ0) is 14.3. The zero-order valence-corrected chi connectivity index (χ0v) is 11.7. The molecule has 0 heterocycles. The van der Waals surface area contributed by atoms with Crippen LogP contribution in [0.3, 0.4) is 0 Å². The summed E-state index contributed by atoms with van der Waals surface area (Å²) in [6, 6.07) is 6.80. The molecule has 19 heavy (non-hydrogen) atoms. The summed E-state index contributed by atoms with van der Waals surface area (Å²) < 4.78 is 0. The molecule has 0 saturated carbocycles. The van der Waals surface area contributed by atoms with E-state index in [2.05, 4.69) is 18.7 Å². The number of nitrogens with two attached hydrogens (primary N) is 1. The van der Waals surface area contributed by atoms with Crippen molar-refractivity contribution >= 4 is 5.69 Å². The summed E-state index contributed by atoms with van der Waals surface area (Å²) in [6.07, 6.45) is 2.18. The van der Waals surface area contributed by atoms with Gasteiger partial charge < -0.3 is 5.73 Å². The molecule has 1 aromatic rings. The van der Waals surface area contributed by atoms with Gasteiger partial charge in [0.1, 0.15) is 0 Å². The van der Waals surface area contributed by atoms with E-state index in [0.29, 0.717) is 12.1 Å². The second-order valence-corrected chi connectivity index (χ2v) is 4.55. The third kappa shape index (κ3) is 4.01. The van der Waals surface area contributed by atoms with Crippen LogP contribution in [0.2, 0.25) is 0 Å². The van der Waals surface area contributed by atoms with E-state index in [-0.39, 0.29) is 16.7 Å². The highest BCUT2D eigenvalue weighted by Gasteiger charge is 2.24. The van der Waals surface area contributed by atoms with Gasteiger partial charge in [-0.3, -0.25) is 15.0 Å². The van der Waals surface area contributed by atoms with Crippen molar-refractivity contribution < 1.29 is 4.92 Å². The maximum atomic E-state index is 11.1. The summed E-state index contributed by atoms with van der Waals surface area (Å²) >= 11 is 0. The molecular weight excluding hydrogens is 242 g/mol. The average molecular weight is 265 g/mol. The Morgan fingerprint density at radius 2 is 2.05 bits per heavy atom. The van der Waals surface area contributed by atoms with Crippen LogP contribution in [0.1, 0.15) is 38.3 Å². The Labute approximate surface area is 114 Å². The quantitative estimate of drug-likeness (QED) is 0.579. The molecule has 0 aromatic heterocycles. The third-order valence-electron chi connectivity index (χ3n) is 3.36. The summed E-state index contributed by atoms with van der Waals surface area (Å²) in [5, 5.41) is 11.1. The molecule has 0 aliphatic rings. The number of rotatable bonds is 8. The standard InChI is InChI=1S/C14H23N3O2/c1-3-5-10-16(4-2)14(11-15)12-8-6-7-9-13(12)17(18)19/h6-9,14H,3-5,10-11,15H2,1-2H3. The summed E-state index contributed by atoms with van der Waals surface area (Å²) in [5.41, 5.74) is 6.73. The van der Waals surface area contributed by atoms with Crippen molar-refractivity contribution in [3.05, 3.63) is 39.9 Å². The number of unbranched alkanes of at least 4 members (excludes halogenated alkanes) is 1. The molecule has 0 radical (unpaired) electrons. The number of nitro groups is 1. The lowest BCUT2D eigenvalue weighted by Gasteiger charge is -2.29. The molecule has 2 N–H and O–H groups in total. The monoisotopic (exact) mass is 265 g/mol. The van der Waals surface area contributed by atoms with E-state index < -0.39 is 0 Å². The van der Waals surface area contributed by atoms with Gasteiger partial charge in [0, 0.05) is 18.2 Å². The molecule has 0 aliphatic carbocycles. The summed E-state index contributed by atoms with van der Waals surface area (Å²) in [7, 11) is 0. The maximum absolute atomic E-state index is 11.1. The molecular formula is C14H23N3O2. The average Bonchev–Trinajstić information content (AvgIpc) is 2.43. The number of hydrogen-bond acceptors (Lipinski definition) is 4. The first-order valence-corrected chi connectivity index (χ1v) is 6.83. The molecule has 5 nitrogen and oxygen atoms in total. The van der Waals surface area contributed by atoms with Crippen LogP contribution < -0.4 is 5.73 Å². The van der Waals surface area contributed by atoms with E-state index in [0.717, 1.165) is 25.9 Å². The first-order valence-electron chi connectivity index (χ1n) is 6.83. The van der Waals surface area contributed by atoms with Gasteiger partial charge in [0.15, 0.2) is 0 Å². The fourth-order valence-corrected chi connectivity index (χ4v) is 2.30. The number of hydrogen-bond donors (Lipinski definition) is 1. The fourth-order valence-electron chi connectivity index (χ4n) is 2.30. The van der Waals surface area contributed by atoms with Gasteiger partial charge in [-0.05, 0) is 19.5 Å². The Morgan fingerprint density at radius 1 is 1.37 bits per heavy atom. The fraction of sp³-hybridized carbons (Fsp3) is 0.571. The van der Waals surface area contributed by atoms with Gasteiger partial charge in [-0.1, -0.05) is 38.5 Å². The summed E-state index contributed by atoms with van der Waals surface area (Å²) in [5.74, 6) is 0. The van der Waals surface area contributed by atoms with Crippen molar-refractivity contribution in [3.63, 3.8) is 0 Å². The second-order valence-electron chi connectivity index (χ2n) is 4.55. The third-order valence-corrected chi connectivity index (χ3v) is 3.36. The van der Waals surface area contributed by atoms with Crippen molar-refractivity contribution in [2.24, 2.45) is 5.73 Å². The number of nitro benzene ring substituents is 1. The lowest BCUT2D eigenvalue weighted by atomic mass is 10.0. The minimum atomic E-state index is -0.328. The molecule has 106 valence electrons. The number of para-hydroxylation sites is 1. The van der Waals surface area contributed by atoms with Crippen LogP contribution in [0.15, 0.2) is 24.3 Å². The molecule has 5 heteroatoms. The molecule has 0 fully saturated rings. The first-order chi connectivity index (χ1) is 9.15. The van der Waals surface area contributed by atoms with Crippen molar-refractivity contribution in [3.8, 4) is 0 Å². The zero-order valence-electron chi connectivity index (χ0n) is 11.7. The van der Waals surface area contributed by atoms with Crippen LogP contribution >= 0.6 is 0 Å². The van der Waals surface area contributed by atoms with Crippen LogP contribution in [0, 0.1) is 10.1 Å². The molecule has 1 rings (SSSR count). The van der Waals surface area contributed by atoms with Crippen LogP contribution in [-0.2, 0) is 0 Å². The number of nitrogens with zero attached hydrogens (tertiary/aromatic N) is 2. The van der Waals surface area contributed by atoms with E-state index in [1.165, 1.54) is 0 Å². The molecule has 0 aliphatic heterocycles. The van der Waals surface area contributed by atoms with E-state index in [4.69, 9.17) is 5.73 Å². The van der Waals surface area contributed by atoms with E-state index in [9.17, 15) is 10.1 Å². The lowest BCUT2D eigenvalue weighted by molar-refractivity contribution is -0.386. The molecule has 1 aromatic carbocycles. The molecule has 0 bridgehead atoms. The molecule has 0 saturated heterocycles. The van der Waals surface area contributed by atoms with Gasteiger partial charge >= 0.3 is 0 Å². The van der Waals surface area contributed by atoms with Gasteiger partial charge in [0.05, 0.1) is 11.0 Å². The van der Waals surface area contributed by atoms with Crippen LogP contribution in [0.5, 0.6) is 0 Å². The van der Waals surface area contributed by atoms with Gasteiger partial charge in [-0.2, -0.15) is 0 Å².